The molecule has 6 heteroatoms. The van der Waals surface area contributed by atoms with E-state index < -0.39 is 0 Å². The SMILES string of the molecule is CC1CCc2ccccc2N1C(=O)CSCc1cc(Cl)cc2c1OCOC2. The van der Waals surface area contributed by atoms with Crippen molar-refractivity contribution in [2.24, 2.45) is 0 Å². The first kappa shape index (κ1) is 18.7. The Kier molecular flexibility index (Phi) is 5.62. The molecule has 4 rings (SSSR count). The molecular formula is C21H22ClNO3S. The summed E-state index contributed by atoms with van der Waals surface area (Å²) in [4.78, 5) is 14.9. The minimum absolute atomic E-state index is 0.153. The van der Waals surface area contributed by atoms with Gasteiger partial charge in [-0.25, -0.2) is 0 Å². The highest BCUT2D eigenvalue weighted by Crippen LogP contribution is 2.35. The summed E-state index contributed by atoms with van der Waals surface area (Å²) in [7, 11) is 0. The van der Waals surface area contributed by atoms with Crippen molar-refractivity contribution in [1.29, 1.82) is 0 Å². The lowest BCUT2D eigenvalue weighted by molar-refractivity contribution is -0.116. The van der Waals surface area contributed by atoms with Gasteiger partial charge in [-0.3, -0.25) is 4.79 Å². The third-order valence-corrected chi connectivity index (χ3v) is 6.21. The lowest BCUT2D eigenvalue weighted by atomic mass is 9.97. The Morgan fingerprint density at radius 2 is 2.15 bits per heavy atom. The van der Waals surface area contributed by atoms with Crippen LogP contribution in [0.3, 0.4) is 0 Å². The highest BCUT2D eigenvalue weighted by Gasteiger charge is 2.27. The molecule has 0 saturated heterocycles. The summed E-state index contributed by atoms with van der Waals surface area (Å²) in [6, 6.07) is 12.2. The van der Waals surface area contributed by atoms with Crippen LogP contribution in [0.1, 0.15) is 30.0 Å². The fraction of sp³-hybridized carbons (Fsp3) is 0.381. The predicted molar refractivity (Wildman–Crippen MR) is 110 cm³/mol. The molecular weight excluding hydrogens is 382 g/mol. The van der Waals surface area contributed by atoms with E-state index in [1.807, 2.05) is 29.2 Å². The fourth-order valence-electron chi connectivity index (χ4n) is 3.75. The van der Waals surface area contributed by atoms with E-state index in [0.717, 1.165) is 35.4 Å². The number of benzene rings is 2. The molecule has 0 spiro atoms. The number of ether oxygens (including phenoxy) is 2. The Labute approximate surface area is 168 Å². The Morgan fingerprint density at radius 3 is 3.04 bits per heavy atom. The van der Waals surface area contributed by atoms with Crippen LogP contribution in [0.25, 0.3) is 0 Å². The maximum atomic E-state index is 12.9. The van der Waals surface area contributed by atoms with E-state index in [-0.39, 0.29) is 18.7 Å². The predicted octanol–water partition coefficient (Wildman–Crippen LogP) is 4.81. The fourth-order valence-corrected chi connectivity index (χ4v) is 4.86. The molecule has 1 amide bonds. The van der Waals surface area contributed by atoms with Crippen LogP contribution < -0.4 is 9.64 Å². The molecule has 27 heavy (non-hydrogen) atoms. The molecule has 4 nitrogen and oxygen atoms in total. The van der Waals surface area contributed by atoms with Gasteiger partial charge in [-0.2, -0.15) is 0 Å². The van der Waals surface area contributed by atoms with Crippen LogP contribution in [-0.4, -0.2) is 24.5 Å². The zero-order chi connectivity index (χ0) is 18.8. The first-order chi connectivity index (χ1) is 13.1. The summed E-state index contributed by atoms with van der Waals surface area (Å²) < 4.78 is 11.0. The van der Waals surface area contributed by atoms with Crippen molar-refractivity contribution in [3.8, 4) is 5.75 Å². The highest BCUT2D eigenvalue weighted by atomic mass is 35.5. The number of rotatable bonds is 4. The number of nitrogens with zero attached hydrogens (tertiary/aromatic N) is 1. The van der Waals surface area contributed by atoms with Gasteiger partial charge in [-0.15, -0.1) is 11.8 Å². The number of aryl methyl sites for hydroxylation is 1. The minimum Gasteiger partial charge on any atom is -0.467 e. The van der Waals surface area contributed by atoms with Crippen LogP contribution >= 0.6 is 23.4 Å². The van der Waals surface area contributed by atoms with Crippen molar-refractivity contribution in [2.75, 3.05) is 17.4 Å². The number of carbonyl (C=O) groups excluding carboxylic acids is 1. The van der Waals surface area contributed by atoms with Gasteiger partial charge in [0.05, 0.1) is 12.4 Å². The van der Waals surface area contributed by atoms with Gasteiger partial charge in [0.15, 0.2) is 6.79 Å². The molecule has 2 aliphatic rings. The topological polar surface area (TPSA) is 38.8 Å². The van der Waals surface area contributed by atoms with Crippen LogP contribution in [0.5, 0.6) is 5.75 Å². The third kappa shape index (κ3) is 3.96. The summed E-state index contributed by atoms with van der Waals surface area (Å²) in [5.41, 5.74) is 4.30. The number of para-hydroxylation sites is 1. The van der Waals surface area contributed by atoms with E-state index in [1.165, 1.54) is 5.56 Å². The standard InChI is InChI=1S/C21H22ClNO3S/c1-14-6-7-15-4-2-3-5-19(15)23(14)20(24)12-27-11-17-9-18(22)8-16-10-25-13-26-21(16)17/h2-5,8-9,14H,6-7,10-13H2,1H3. The number of hydrogen-bond donors (Lipinski definition) is 0. The van der Waals surface area contributed by atoms with Gasteiger partial charge >= 0.3 is 0 Å². The third-order valence-electron chi connectivity index (χ3n) is 5.03. The number of amides is 1. The zero-order valence-electron chi connectivity index (χ0n) is 15.2. The van der Waals surface area contributed by atoms with Crippen LogP contribution in [0.4, 0.5) is 5.69 Å². The minimum atomic E-state index is 0.153. The molecule has 2 aromatic carbocycles. The van der Waals surface area contributed by atoms with Gasteiger partial charge < -0.3 is 14.4 Å². The molecule has 0 bridgehead atoms. The molecule has 2 aromatic rings. The maximum absolute atomic E-state index is 12.9. The molecule has 0 radical (unpaired) electrons. The first-order valence-electron chi connectivity index (χ1n) is 9.13. The quantitative estimate of drug-likeness (QED) is 0.734. The van der Waals surface area contributed by atoms with Gasteiger partial charge in [-0.05, 0) is 43.5 Å². The highest BCUT2D eigenvalue weighted by molar-refractivity contribution is 7.99. The van der Waals surface area contributed by atoms with Crippen molar-refractivity contribution in [2.45, 2.75) is 38.2 Å². The van der Waals surface area contributed by atoms with Crippen LogP contribution in [0.2, 0.25) is 5.02 Å². The lowest BCUT2D eigenvalue weighted by Crippen LogP contribution is -2.43. The van der Waals surface area contributed by atoms with E-state index in [4.69, 9.17) is 21.1 Å². The van der Waals surface area contributed by atoms with E-state index in [1.54, 1.807) is 11.8 Å². The van der Waals surface area contributed by atoms with E-state index in [0.29, 0.717) is 23.1 Å². The molecule has 0 saturated carbocycles. The van der Waals surface area contributed by atoms with E-state index in [2.05, 4.69) is 19.1 Å². The molecule has 0 N–H and O–H groups in total. The molecule has 1 atom stereocenters. The second-order valence-corrected chi connectivity index (χ2v) is 8.36. The Morgan fingerprint density at radius 1 is 1.30 bits per heavy atom. The molecule has 0 aliphatic carbocycles. The largest absolute Gasteiger partial charge is 0.467 e. The van der Waals surface area contributed by atoms with Gasteiger partial charge in [-0.1, -0.05) is 29.8 Å². The maximum Gasteiger partial charge on any atom is 0.237 e. The summed E-state index contributed by atoms with van der Waals surface area (Å²) in [6.45, 7) is 2.89. The number of halogens is 1. The smallest absolute Gasteiger partial charge is 0.237 e. The number of carbonyl (C=O) groups is 1. The second kappa shape index (κ2) is 8.13. The van der Waals surface area contributed by atoms with Gasteiger partial charge in [0.25, 0.3) is 0 Å². The monoisotopic (exact) mass is 403 g/mol. The van der Waals surface area contributed by atoms with Crippen LogP contribution in [-0.2, 0) is 28.3 Å². The van der Waals surface area contributed by atoms with Gasteiger partial charge in [0.1, 0.15) is 5.75 Å². The average Bonchev–Trinajstić information content (AvgIpc) is 2.67. The van der Waals surface area contributed by atoms with Crippen molar-refractivity contribution < 1.29 is 14.3 Å². The summed E-state index contributed by atoms with van der Waals surface area (Å²) in [6.07, 6.45) is 2.03. The van der Waals surface area contributed by atoms with Gasteiger partial charge in [0, 0.05) is 33.6 Å². The molecule has 1 unspecified atom stereocenters. The van der Waals surface area contributed by atoms with Crippen LogP contribution in [0, 0.1) is 0 Å². The van der Waals surface area contributed by atoms with Crippen LogP contribution in [0.15, 0.2) is 36.4 Å². The molecule has 142 valence electrons. The lowest BCUT2D eigenvalue weighted by Gasteiger charge is -2.35. The number of anilines is 1. The van der Waals surface area contributed by atoms with Gasteiger partial charge in [0.2, 0.25) is 5.91 Å². The molecule has 2 aliphatic heterocycles. The number of hydrogen-bond acceptors (Lipinski definition) is 4. The zero-order valence-corrected chi connectivity index (χ0v) is 16.8. The summed E-state index contributed by atoms with van der Waals surface area (Å²) >= 11 is 7.82. The second-order valence-electron chi connectivity index (χ2n) is 6.94. The average molecular weight is 404 g/mol. The Balaban J connectivity index is 1.44. The number of thioether (sulfide) groups is 1. The Bertz CT molecular complexity index is 857. The van der Waals surface area contributed by atoms with Crippen molar-refractivity contribution in [3.63, 3.8) is 0 Å². The Hall–Kier alpha value is -1.69. The first-order valence-corrected chi connectivity index (χ1v) is 10.7. The summed E-state index contributed by atoms with van der Waals surface area (Å²) in [5, 5.41) is 0.670. The normalized spacial score (nSPS) is 18.4. The molecule has 0 aromatic heterocycles. The van der Waals surface area contributed by atoms with E-state index in [9.17, 15) is 4.79 Å². The summed E-state index contributed by atoms with van der Waals surface area (Å²) in [5.74, 6) is 2.11. The van der Waals surface area contributed by atoms with E-state index >= 15 is 0 Å². The molecule has 2 heterocycles. The molecule has 0 fully saturated rings. The van der Waals surface area contributed by atoms with Crippen molar-refractivity contribution >= 4 is 35.0 Å². The number of fused-ring (bicyclic) bond motifs is 2. The van der Waals surface area contributed by atoms with Crippen molar-refractivity contribution in [1.82, 2.24) is 0 Å². The van der Waals surface area contributed by atoms with Crippen molar-refractivity contribution in [3.05, 3.63) is 58.1 Å².